The molecule has 2 N–H and O–H groups in total. The lowest BCUT2D eigenvalue weighted by atomic mass is 10.2. The number of nitrogens with one attached hydrogen (secondary N) is 2. The maximum absolute atomic E-state index is 11.3. The predicted molar refractivity (Wildman–Crippen MR) is 55.8 cm³/mol. The van der Waals surface area contributed by atoms with Gasteiger partial charge in [-0.3, -0.25) is 9.59 Å². The molecule has 0 saturated carbocycles. The van der Waals surface area contributed by atoms with Crippen molar-refractivity contribution in [3.8, 4) is 0 Å². The van der Waals surface area contributed by atoms with Crippen LogP contribution >= 0.6 is 11.3 Å². The number of benzene rings is 1. The Hall–Kier alpha value is -1.62. The highest BCUT2D eigenvalue weighted by atomic mass is 32.1. The molecule has 0 fully saturated rings. The second kappa shape index (κ2) is 3.26. The van der Waals surface area contributed by atoms with E-state index in [2.05, 4.69) is 10.3 Å². The van der Waals surface area contributed by atoms with Gasteiger partial charge in [0.25, 0.3) is 5.91 Å². The van der Waals surface area contributed by atoms with E-state index < -0.39 is 0 Å². The fourth-order valence-electron chi connectivity index (χ4n) is 1.23. The van der Waals surface area contributed by atoms with E-state index >= 15 is 0 Å². The smallest absolute Gasteiger partial charge is 0.305 e. The van der Waals surface area contributed by atoms with Gasteiger partial charge in [0.2, 0.25) is 0 Å². The van der Waals surface area contributed by atoms with E-state index in [1.807, 2.05) is 0 Å². The third-order valence-electron chi connectivity index (χ3n) is 1.91. The second-order valence-electron chi connectivity index (χ2n) is 2.80. The third-order valence-corrected chi connectivity index (χ3v) is 2.76. The molecule has 1 heterocycles. The maximum Gasteiger partial charge on any atom is 0.305 e. The minimum Gasteiger partial charge on any atom is -0.355 e. The first-order chi connectivity index (χ1) is 6.70. The largest absolute Gasteiger partial charge is 0.355 e. The average Bonchev–Trinajstić information content (AvgIpc) is 2.55. The fourth-order valence-corrected chi connectivity index (χ4v) is 2.01. The van der Waals surface area contributed by atoms with Gasteiger partial charge < -0.3 is 10.3 Å². The number of carbonyl (C=O) groups excluding carboxylic acids is 1. The highest BCUT2D eigenvalue weighted by Crippen LogP contribution is 2.15. The molecule has 14 heavy (non-hydrogen) atoms. The molecular weight excluding hydrogens is 200 g/mol. The van der Waals surface area contributed by atoms with Crippen molar-refractivity contribution in [2.45, 2.75) is 0 Å². The predicted octanol–water partition coefficient (Wildman–Crippen LogP) is 0.949. The highest BCUT2D eigenvalue weighted by Gasteiger charge is 2.05. The molecule has 0 aliphatic rings. The molecule has 5 heteroatoms. The van der Waals surface area contributed by atoms with Crippen LogP contribution in [0.25, 0.3) is 10.2 Å². The zero-order chi connectivity index (χ0) is 10.1. The van der Waals surface area contributed by atoms with Crippen molar-refractivity contribution in [1.29, 1.82) is 0 Å². The van der Waals surface area contributed by atoms with Crippen molar-refractivity contribution in [3.63, 3.8) is 0 Å². The molecule has 0 unspecified atom stereocenters. The van der Waals surface area contributed by atoms with Crippen LogP contribution in [0.1, 0.15) is 10.4 Å². The minimum absolute atomic E-state index is 0.103. The molecule has 72 valence electrons. The van der Waals surface area contributed by atoms with E-state index in [0.717, 1.165) is 21.6 Å². The molecule has 0 aliphatic heterocycles. The number of thiazole rings is 1. The highest BCUT2D eigenvalue weighted by molar-refractivity contribution is 7.16. The van der Waals surface area contributed by atoms with Crippen molar-refractivity contribution >= 4 is 27.5 Å². The van der Waals surface area contributed by atoms with Crippen molar-refractivity contribution in [1.82, 2.24) is 10.3 Å². The summed E-state index contributed by atoms with van der Waals surface area (Å²) in [4.78, 5) is 24.8. The molecule has 2 rings (SSSR count). The zero-order valence-corrected chi connectivity index (χ0v) is 8.27. The molecule has 1 aromatic carbocycles. The van der Waals surface area contributed by atoms with E-state index in [1.165, 1.54) is 0 Å². The molecular formula is C9H8N2O2S. The molecule has 0 radical (unpaired) electrons. The maximum atomic E-state index is 11.3. The van der Waals surface area contributed by atoms with Gasteiger partial charge in [0.05, 0.1) is 10.2 Å². The Morgan fingerprint density at radius 2 is 2.29 bits per heavy atom. The number of carbonyl (C=O) groups is 1. The lowest BCUT2D eigenvalue weighted by Gasteiger charge is -1.98. The van der Waals surface area contributed by atoms with Gasteiger partial charge >= 0.3 is 4.87 Å². The third kappa shape index (κ3) is 1.42. The van der Waals surface area contributed by atoms with Gasteiger partial charge in [-0.2, -0.15) is 0 Å². The zero-order valence-electron chi connectivity index (χ0n) is 7.46. The molecule has 0 aliphatic carbocycles. The Bertz CT molecular complexity index is 541. The van der Waals surface area contributed by atoms with Crippen molar-refractivity contribution in [2.75, 3.05) is 7.05 Å². The summed E-state index contributed by atoms with van der Waals surface area (Å²) in [5.74, 6) is -0.146. The lowest BCUT2D eigenvalue weighted by Crippen LogP contribution is -2.17. The van der Waals surface area contributed by atoms with Crippen LogP contribution in [0.4, 0.5) is 0 Å². The van der Waals surface area contributed by atoms with E-state index in [-0.39, 0.29) is 10.8 Å². The molecule has 1 aromatic heterocycles. The fraction of sp³-hybridized carbons (Fsp3) is 0.111. The Morgan fingerprint density at radius 1 is 1.50 bits per heavy atom. The quantitative estimate of drug-likeness (QED) is 0.733. The molecule has 0 saturated heterocycles. The second-order valence-corrected chi connectivity index (χ2v) is 3.82. The van der Waals surface area contributed by atoms with Crippen molar-refractivity contribution < 1.29 is 4.79 Å². The van der Waals surface area contributed by atoms with Gasteiger partial charge in [-0.15, -0.1) is 0 Å². The molecule has 0 bridgehead atoms. The normalized spacial score (nSPS) is 10.4. The monoisotopic (exact) mass is 208 g/mol. The number of fused-ring (bicyclic) bond motifs is 1. The summed E-state index contributed by atoms with van der Waals surface area (Å²) < 4.78 is 0.802. The van der Waals surface area contributed by atoms with Gasteiger partial charge in [0, 0.05) is 12.6 Å². The molecule has 4 nitrogen and oxygen atoms in total. The van der Waals surface area contributed by atoms with Crippen LogP contribution in [0.5, 0.6) is 0 Å². The summed E-state index contributed by atoms with van der Waals surface area (Å²) in [6.45, 7) is 0. The van der Waals surface area contributed by atoms with Crippen molar-refractivity contribution in [2.24, 2.45) is 0 Å². The molecule has 0 spiro atoms. The number of hydrogen-bond donors (Lipinski definition) is 2. The summed E-state index contributed by atoms with van der Waals surface area (Å²) in [6, 6.07) is 5.12. The molecule has 0 atom stereocenters. The van der Waals surface area contributed by atoms with Crippen LogP contribution < -0.4 is 10.2 Å². The van der Waals surface area contributed by atoms with E-state index in [9.17, 15) is 9.59 Å². The van der Waals surface area contributed by atoms with Crippen LogP contribution in [0.15, 0.2) is 23.0 Å². The van der Waals surface area contributed by atoms with Crippen LogP contribution in [0, 0.1) is 0 Å². The Labute approximate surface area is 83.6 Å². The standard InChI is InChI=1S/C9H8N2O2S/c1-10-8(12)5-2-3-6-7(4-5)14-9(13)11-6/h2-4H,1H3,(H,10,12)(H,11,13). The minimum atomic E-state index is -0.146. The first-order valence-corrected chi connectivity index (χ1v) is 4.87. The van der Waals surface area contributed by atoms with E-state index in [0.29, 0.717) is 5.56 Å². The molecule has 2 aromatic rings. The Balaban J connectivity index is 2.61. The number of hydrogen-bond acceptors (Lipinski definition) is 3. The number of rotatable bonds is 1. The van der Waals surface area contributed by atoms with Crippen LogP contribution in [-0.4, -0.2) is 17.9 Å². The SMILES string of the molecule is CNC(=O)c1ccc2[nH]c(=O)sc2c1. The first kappa shape index (κ1) is 8.96. The topological polar surface area (TPSA) is 62.0 Å². The van der Waals surface area contributed by atoms with Crippen molar-refractivity contribution in [3.05, 3.63) is 33.4 Å². The van der Waals surface area contributed by atoms with Gasteiger partial charge in [-0.25, -0.2) is 0 Å². The summed E-state index contributed by atoms with van der Waals surface area (Å²) in [5.41, 5.74) is 1.34. The number of H-pyrrole nitrogens is 1. The van der Waals surface area contributed by atoms with Gasteiger partial charge in [0.1, 0.15) is 0 Å². The number of amides is 1. The Morgan fingerprint density at radius 3 is 3.00 bits per heavy atom. The number of aromatic nitrogens is 1. The summed E-state index contributed by atoms with van der Waals surface area (Å²) >= 11 is 1.10. The van der Waals surface area contributed by atoms with E-state index in [4.69, 9.17) is 0 Å². The van der Waals surface area contributed by atoms with Gasteiger partial charge in [-0.1, -0.05) is 11.3 Å². The summed E-state index contributed by atoms with van der Waals surface area (Å²) in [5, 5.41) is 2.53. The van der Waals surface area contributed by atoms with Crippen LogP contribution in [0.3, 0.4) is 0 Å². The summed E-state index contributed by atoms with van der Waals surface area (Å²) in [7, 11) is 1.58. The first-order valence-electron chi connectivity index (χ1n) is 4.05. The Kier molecular flexibility index (Phi) is 2.09. The summed E-state index contributed by atoms with van der Waals surface area (Å²) in [6.07, 6.45) is 0. The van der Waals surface area contributed by atoms with Crippen LogP contribution in [-0.2, 0) is 0 Å². The van der Waals surface area contributed by atoms with E-state index in [1.54, 1.807) is 25.2 Å². The number of aromatic amines is 1. The van der Waals surface area contributed by atoms with Gasteiger partial charge in [-0.05, 0) is 18.2 Å². The van der Waals surface area contributed by atoms with Crippen LogP contribution in [0.2, 0.25) is 0 Å². The van der Waals surface area contributed by atoms with Gasteiger partial charge in [0.15, 0.2) is 0 Å². The lowest BCUT2D eigenvalue weighted by molar-refractivity contribution is 0.0963. The molecule has 1 amide bonds. The average molecular weight is 208 g/mol.